The standard InChI is InChI=1S/C16H26N2O/c1-15-7-12-6-13(8-15)10-16(9-12,11-15)14(19)18-5-3-2-4-17/h2-3,12-13H,4-11,17H2,1H3,(H,18,19)/b3-2+. The summed E-state index contributed by atoms with van der Waals surface area (Å²) in [5.74, 6) is 1.91. The molecule has 0 heterocycles. The van der Waals surface area contributed by atoms with Crippen molar-refractivity contribution in [2.24, 2.45) is 28.4 Å². The molecule has 4 rings (SSSR count). The Morgan fingerprint density at radius 3 is 2.53 bits per heavy atom. The maximum absolute atomic E-state index is 12.6. The fourth-order valence-electron chi connectivity index (χ4n) is 5.50. The van der Waals surface area contributed by atoms with Crippen molar-refractivity contribution in [2.45, 2.75) is 45.4 Å². The molecular formula is C16H26N2O. The maximum Gasteiger partial charge on any atom is 0.226 e. The fourth-order valence-corrected chi connectivity index (χ4v) is 5.50. The number of hydrogen-bond donors (Lipinski definition) is 2. The third-order valence-electron chi connectivity index (χ3n) is 5.52. The van der Waals surface area contributed by atoms with Crippen molar-refractivity contribution in [1.82, 2.24) is 5.32 Å². The number of hydrogen-bond acceptors (Lipinski definition) is 2. The highest BCUT2D eigenvalue weighted by Crippen LogP contribution is 2.65. The van der Waals surface area contributed by atoms with Gasteiger partial charge in [0.25, 0.3) is 0 Å². The summed E-state index contributed by atoms with van der Waals surface area (Å²) < 4.78 is 0. The van der Waals surface area contributed by atoms with Crippen LogP contribution in [0.2, 0.25) is 0 Å². The van der Waals surface area contributed by atoms with Crippen LogP contribution < -0.4 is 11.1 Å². The van der Waals surface area contributed by atoms with Gasteiger partial charge in [-0.05, 0) is 55.8 Å². The quantitative estimate of drug-likeness (QED) is 0.763. The zero-order valence-electron chi connectivity index (χ0n) is 12.0. The van der Waals surface area contributed by atoms with Gasteiger partial charge >= 0.3 is 0 Å². The highest BCUT2D eigenvalue weighted by atomic mass is 16.2. The molecule has 0 aromatic carbocycles. The first-order valence-electron chi connectivity index (χ1n) is 7.69. The van der Waals surface area contributed by atoms with E-state index in [-0.39, 0.29) is 5.41 Å². The molecule has 19 heavy (non-hydrogen) atoms. The summed E-state index contributed by atoms with van der Waals surface area (Å²) >= 11 is 0. The minimum atomic E-state index is -0.0462. The number of carbonyl (C=O) groups is 1. The number of carbonyl (C=O) groups excluding carboxylic acids is 1. The van der Waals surface area contributed by atoms with Crippen molar-refractivity contribution in [3.63, 3.8) is 0 Å². The molecule has 4 fully saturated rings. The van der Waals surface area contributed by atoms with E-state index in [9.17, 15) is 4.79 Å². The lowest BCUT2D eigenvalue weighted by Gasteiger charge is -2.60. The normalized spacial score (nSPS) is 43.9. The molecule has 2 atom stereocenters. The van der Waals surface area contributed by atoms with Crippen LogP contribution in [0.15, 0.2) is 12.2 Å². The first-order valence-corrected chi connectivity index (χ1v) is 7.69. The Morgan fingerprint density at radius 2 is 1.95 bits per heavy atom. The minimum absolute atomic E-state index is 0.0462. The van der Waals surface area contributed by atoms with Crippen molar-refractivity contribution >= 4 is 5.91 Å². The van der Waals surface area contributed by atoms with E-state index in [1.165, 1.54) is 19.3 Å². The van der Waals surface area contributed by atoms with Crippen LogP contribution in [0.5, 0.6) is 0 Å². The first-order chi connectivity index (χ1) is 9.05. The Bertz CT molecular complexity index is 388. The van der Waals surface area contributed by atoms with E-state index in [4.69, 9.17) is 5.73 Å². The Morgan fingerprint density at radius 1 is 1.26 bits per heavy atom. The lowest BCUT2D eigenvalue weighted by atomic mass is 9.44. The number of nitrogens with two attached hydrogens (primary N) is 1. The van der Waals surface area contributed by atoms with Gasteiger partial charge in [0.05, 0.1) is 5.41 Å². The molecule has 0 saturated heterocycles. The first kappa shape index (κ1) is 13.2. The fraction of sp³-hybridized carbons (Fsp3) is 0.812. The third-order valence-corrected chi connectivity index (χ3v) is 5.52. The van der Waals surface area contributed by atoms with E-state index in [1.807, 2.05) is 12.2 Å². The Balaban J connectivity index is 1.69. The molecule has 106 valence electrons. The molecule has 0 aliphatic heterocycles. The second-order valence-corrected chi connectivity index (χ2v) is 7.47. The molecule has 4 aliphatic rings. The van der Waals surface area contributed by atoms with E-state index in [0.717, 1.165) is 31.1 Å². The second-order valence-electron chi connectivity index (χ2n) is 7.47. The Kier molecular flexibility index (Phi) is 3.20. The van der Waals surface area contributed by atoms with Crippen LogP contribution >= 0.6 is 0 Å². The van der Waals surface area contributed by atoms with E-state index >= 15 is 0 Å². The summed E-state index contributed by atoms with van der Waals surface area (Å²) in [6, 6.07) is 0. The summed E-state index contributed by atoms with van der Waals surface area (Å²) in [5.41, 5.74) is 5.80. The number of nitrogens with one attached hydrogen (secondary N) is 1. The Labute approximate surface area is 116 Å². The van der Waals surface area contributed by atoms with Gasteiger partial charge in [0.15, 0.2) is 0 Å². The summed E-state index contributed by atoms with van der Waals surface area (Å²) in [7, 11) is 0. The van der Waals surface area contributed by atoms with E-state index in [0.29, 0.717) is 24.4 Å². The third kappa shape index (κ3) is 2.33. The maximum atomic E-state index is 12.6. The predicted molar refractivity (Wildman–Crippen MR) is 76.4 cm³/mol. The number of amides is 1. The molecule has 0 aromatic heterocycles. The van der Waals surface area contributed by atoms with Crippen LogP contribution in [-0.4, -0.2) is 19.0 Å². The lowest BCUT2D eigenvalue weighted by molar-refractivity contribution is -0.155. The molecule has 4 bridgehead atoms. The molecule has 0 radical (unpaired) electrons. The zero-order chi connectivity index (χ0) is 13.5. The molecule has 4 saturated carbocycles. The van der Waals surface area contributed by atoms with Gasteiger partial charge in [-0.1, -0.05) is 19.1 Å². The molecule has 0 spiro atoms. The van der Waals surface area contributed by atoms with Crippen LogP contribution in [0.3, 0.4) is 0 Å². The molecule has 1 amide bonds. The molecule has 0 aromatic rings. The van der Waals surface area contributed by atoms with Gasteiger partial charge in [-0.15, -0.1) is 0 Å². The monoisotopic (exact) mass is 262 g/mol. The topological polar surface area (TPSA) is 55.1 Å². The highest BCUT2D eigenvalue weighted by molar-refractivity contribution is 5.83. The summed E-state index contributed by atoms with van der Waals surface area (Å²) in [5, 5.41) is 3.11. The second kappa shape index (κ2) is 4.62. The largest absolute Gasteiger partial charge is 0.352 e. The van der Waals surface area contributed by atoms with Crippen molar-refractivity contribution in [1.29, 1.82) is 0 Å². The van der Waals surface area contributed by atoms with Gasteiger partial charge in [-0.3, -0.25) is 4.79 Å². The summed E-state index contributed by atoms with van der Waals surface area (Å²) in [4.78, 5) is 12.6. The van der Waals surface area contributed by atoms with Crippen molar-refractivity contribution in [3.8, 4) is 0 Å². The Hall–Kier alpha value is -0.830. The van der Waals surface area contributed by atoms with Crippen LogP contribution in [0.1, 0.15) is 45.4 Å². The smallest absolute Gasteiger partial charge is 0.226 e. The minimum Gasteiger partial charge on any atom is -0.352 e. The van der Waals surface area contributed by atoms with Crippen LogP contribution in [0, 0.1) is 22.7 Å². The van der Waals surface area contributed by atoms with E-state index in [1.54, 1.807) is 0 Å². The van der Waals surface area contributed by atoms with Gasteiger partial charge in [-0.2, -0.15) is 0 Å². The van der Waals surface area contributed by atoms with E-state index < -0.39 is 0 Å². The van der Waals surface area contributed by atoms with Crippen LogP contribution in [0.25, 0.3) is 0 Å². The molecule has 4 aliphatic carbocycles. The zero-order valence-corrected chi connectivity index (χ0v) is 12.0. The molecule has 2 unspecified atom stereocenters. The van der Waals surface area contributed by atoms with E-state index in [2.05, 4.69) is 12.2 Å². The molecule has 3 N–H and O–H groups in total. The predicted octanol–water partition coefficient (Wildman–Crippen LogP) is 2.22. The molecule has 3 nitrogen and oxygen atoms in total. The molecular weight excluding hydrogens is 236 g/mol. The SMILES string of the molecule is CC12CC3CC(C1)CC(C(=O)NC/C=C/CN)(C3)C2. The van der Waals surface area contributed by atoms with Crippen LogP contribution in [0.4, 0.5) is 0 Å². The van der Waals surface area contributed by atoms with Gasteiger partial charge in [0.1, 0.15) is 0 Å². The average Bonchev–Trinajstić information content (AvgIpc) is 2.31. The van der Waals surface area contributed by atoms with Gasteiger partial charge in [-0.25, -0.2) is 0 Å². The van der Waals surface area contributed by atoms with Crippen molar-refractivity contribution in [2.75, 3.05) is 13.1 Å². The van der Waals surface area contributed by atoms with Crippen molar-refractivity contribution in [3.05, 3.63) is 12.2 Å². The highest BCUT2D eigenvalue weighted by Gasteiger charge is 2.58. The van der Waals surface area contributed by atoms with Gasteiger partial charge in [0.2, 0.25) is 5.91 Å². The lowest BCUT2D eigenvalue weighted by Crippen LogP contribution is -2.56. The van der Waals surface area contributed by atoms with Crippen molar-refractivity contribution < 1.29 is 4.79 Å². The number of rotatable bonds is 4. The molecule has 3 heteroatoms. The average molecular weight is 262 g/mol. The van der Waals surface area contributed by atoms with Gasteiger partial charge in [0, 0.05) is 13.1 Å². The van der Waals surface area contributed by atoms with Crippen LogP contribution in [-0.2, 0) is 4.79 Å². The summed E-state index contributed by atoms with van der Waals surface area (Å²) in [6.45, 7) is 3.58. The van der Waals surface area contributed by atoms with Gasteiger partial charge < -0.3 is 11.1 Å². The summed E-state index contributed by atoms with van der Waals surface area (Å²) in [6.07, 6.45) is 11.3.